The van der Waals surface area contributed by atoms with Gasteiger partial charge >= 0.3 is 0 Å². The van der Waals surface area contributed by atoms with Crippen molar-refractivity contribution in [2.24, 2.45) is 11.8 Å². The largest absolute Gasteiger partial charge is 0.272 e. The lowest BCUT2D eigenvalue weighted by Crippen LogP contribution is -2.52. The molecule has 0 aromatic heterocycles. The highest BCUT2D eigenvalue weighted by molar-refractivity contribution is 6.10. The van der Waals surface area contributed by atoms with Crippen LogP contribution in [0.5, 0.6) is 0 Å². The third-order valence-electron chi connectivity index (χ3n) is 7.57. The lowest BCUT2D eigenvalue weighted by atomic mass is 9.48. The van der Waals surface area contributed by atoms with E-state index in [9.17, 15) is 14.4 Å². The zero-order valence-corrected chi connectivity index (χ0v) is 17.8. The maximum atomic E-state index is 13.7. The van der Waals surface area contributed by atoms with Crippen LogP contribution >= 0.6 is 0 Å². The van der Waals surface area contributed by atoms with Crippen LogP contribution in [0.4, 0.5) is 0 Å². The summed E-state index contributed by atoms with van der Waals surface area (Å²) >= 11 is 0. The van der Waals surface area contributed by atoms with Crippen molar-refractivity contribution in [3.63, 3.8) is 0 Å². The molecule has 158 valence electrons. The summed E-state index contributed by atoms with van der Waals surface area (Å²) in [5.41, 5.74) is 7.80. The number of hydrogen-bond donors (Lipinski definition) is 1. The minimum absolute atomic E-state index is 0.202. The molecule has 2 bridgehead atoms. The van der Waals surface area contributed by atoms with Gasteiger partial charge in [-0.15, -0.1) is 0 Å². The molecule has 3 amide bonds. The average Bonchev–Trinajstić information content (AvgIpc) is 3.06. The normalized spacial score (nSPS) is 27.1. The Hall–Kier alpha value is -3.73. The fraction of sp³-hybridized carbons (Fsp3) is 0.222. The molecule has 5 heteroatoms. The van der Waals surface area contributed by atoms with Crippen molar-refractivity contribution < 1.29 is 14.4 Å². The molecule has 4 aliphatic rings. The number of imide groups is 1. The van der Waals surface area contributed by atoms with Gasteiger partial charge < -0.3 is 0 Å². The van der Waals surface area contributed by atoms with Gasteiger partial charge in [-0.25, -0.2) is 0 Å². The Morgan fingerprint density at radius 2 is 1.41 bits per heavy atom. The van der Waals surface area contributed by atoms with E-state index < -0.39 is 23.2 Å². The highest BCUT2D eigenvalue weighted by atomic mass is 16.2. The van der Waals surface area contributed by atoms with E-state index in [1.54, 1.807) is 12.1 Å². The second-order valence-corrected chi connectivity index (χ2v) is 9.18. The van der Waals surface area contributed by atoms with Gasteiger partial charge in [-0.2, -0.15) is 5.01 Å². The van der Waals surface area contributed by atoms with E-state index >= 15 is 0 Å². The number of carbonyl (C=O) groups is 3. The molecule has 1 aliphatic heterocycles. The summed E-state index contributed by atoms with van der Waals surface area (Å²) in [4.78, 5) is 40.1. The summed E-state index contributed by atoms with van der Waals surface area (Å²) in [7, 11) is 0. The topological polar surface area (TPSA) is 66.5 Å². The van der Waals surface area contributed by atoms with E-state index in [0.717, 1.165) is 32.8 Å². The van der Waals surface area contributed by atoms with Crippen LogP contribution in [0.2, 0.25) is 0 Å². The Morgan fingerprint density at radius 1 is 0.844 bits per heavy atom. The number of benzene rings is 3. The number of hydrazine groups is 1. The van der Waals surface area contributed by atoms with E-state index in [0.29, 0.717) is 5.56 Å². The van der Waals surface area contributed by atoms with Gasteiger partial charge in [0.1, 0.15) is 0 Å². The van der Waals surface area contributed by atoms with Crippen LogP contribution < -0.4 is 5.43 Å². The molecule has 0 spiro atoms. The minimum Gasteiger partial charge on any atom is -0.272 e. The summed E-state index contributed by atoms with van der Waals surface area (Å²) in [5.74, 6) is -2.42. The molecule has 1 N–H and O–H groups in total. The Kier molecular flexibility index (Phi) is 3.79. The smallest absolute Gasteiger partial charge is 0.270 e. The first-order chi connectivity index (χ1) is 15.4. The van der Waals surface area contributed by atoms with Crippen LogP contribution in [-0.4, -0.2) is 22.7 Å². The van der Waals surface area contributed by atoms with Gasteiger partial charge in [0, 0.05) is 16.9 Å². The van der Waals surface area contributed by atoms with E-state index in [-0.39, 0.29) is 17.7 Å². The van der Waals surface area contributed by atoms with Crippen molar-refractivity contribution >= 4 is 17.7 Å². The van der Waals surface area contributed by atoms with Crippen LogP contribution in [0.15, 0.2) is 72.8 Å². The molecule has 2 atom stereocenters. The number of amides is 3. The van der Waals surface area contributed by atoms with Gasteiger partial charge in [-0.1, -0.05) is 73.2 Å². The van der Waals surface area contributed by atoms with Crippen molar-refractivity contribution in [2.45, 2.75) is 25.2 Å². The summed E-state index contributed by atoms with van der Waals surface area (Å²) in [6.45, 7) is 4.00. The van der Waals surface area contributed by atoms with Crippen LogP contribution in [0, 0.1) is 18.8 Å². The first-order valence-corrected chi connectivity index (χ1v) is 10.9. The second kappa shape index (κ2) is 6.39. The van der Waals surface area contributed by atoms with E-state index in [1.165, 1.54) is 0 Å². The summed E-state index contributed by atoms with van der Waals surface area (Å²) < 4.78 is 0. The predicted molar refractivity (Wildman–Crippen MR) is 119 cm³/mol. The molecule has 3 aromatic carbocycles. The summed E-state index contributed by atoms with van der Waals surface area (Å²) in [5, 5.41) is 0.973. The molecule has 1 fully saturated rings. The molecule has 32 heavy (non-hydrogen) atoms. The highest BCUT2D eigenvalue weighted by Gasteiger charge is 2.66. The molecular weight excluding hydrogens is 400 g/mol. The van der Waals surface area contributed by atoms with Crippen molar-refractivity contribution in [1.82, 2.24) is 10.4 Å². The maximum Gasteiger partial charge on any atom is 0.270 e. The van der Waals surface area contributed by atoms with Gasteiger partial charge in [0.15, 0.2) is 0 Å². The summed E-state index contributed by atoms with van der Waals surface area (Å²) in [6, 6.07) is 23.3. The van der Waals surface area contributed by atoms with Crippen molar-refractivity contribution in [3.8, 4) is 0 Å². The standard InChI is InChI=1S/C27H22N2O3/c1-15-11-13-16(14-12-15)24(30)28-29-25(31)22-21-17-7-3-5-9-19(17)27(2,23(22)26(29)32)20-10-6-4-8-18(20)21/h3-14,21-23H,1-2H3,(H,28,30)/t21?,22-,23+,27?/m0/s1. The monoisotopic (exact) mass is 422 g/mol. The molecular formula is C27H22N2O3. The van der Waals surface area contributed by atoms with Crippen LogP contribution in [-0.2, 0) is 15.0 Å². The van der Waals surface area contributed by atoms with Crippen molar-refractivity contribution in [3.05, 3.63) is 106 Å². The molecule has 7 rings (SSSR count). The zero-order chi connectivity index (χ0) is 22.2. The van der Waals surface area contributed by atoms with E-state index in [4.69, 9.17) is 0 Å². The quantitative estimate of drug-likeness (QED) is 0.641. The molecule has 0 radical (unpaired) electrons. The zero-order valence-electron chi connectivity index (χ0n) is 17.8. The SMILES string of the molecule is Cc1ccc(C(=O)NN2C(=O)[C@H]3C4c5ccccc5C(C)(c5ccccc54)[C@H]3C2=O)cc1. The molecule has 3 aliphatic carbocycles. The second-order valence-electron chi connectivity index (χ2n) is 9.18. The Balaban J connectivity index is 1.45. The Bertz CT molecular complexity index is 1260. The lowest BCUT2D eigenvalue weighted by molar-refractivity contribution is -0.143. The molecule has 1 saturated heterocycles. The molecule has 0 saturated carbocycles. The molecule has 5 nitrogen and oxygen atoms in total. The van der Waals surface area contributed by atoms with Gasteiger partial charge in [0.25, 0.3) is 17.7 Å². The molecule has 0 unspecified atom stereocenters. The number of nitrogens with zero attached hydrogens (tertiary/aromatic N) is 1. The van der Waals surface area contributed by atoms with E-state index in [1.807, 2.05) is 43.3 Å². The lowest BCUT2D eigenvalue weighted by Gasteiger charge is -2.52. The third-order valence-corrected chi connectivity index (χ3v) is 7.57. The summed E-state index contributed by atoms with van der Waals surface area (Å²) in [6.07, 6.45) is 0. The maximum absolute atomic E-state index is 13.7. The third kappa shape index (κ3) is 2.25. The first kappa shape index (κ1) is 19.0. The average molecular weight is 422 g/mol. The van der Waals surface area contributed by atoms with Gasteiger partial charge in [0.2, 0.25) is 0 Å². The van der Waals surface area contributed by atoms with Gasteiger partial charge in [-0.3, -0.25) is 19.8 Å². The van der Waals surface area contributed by atoms with Gasteiger partial charge in [0.05, 0.1) is 11.8 Å². The number of hydrogen-bond acceptors (Lipinski definition) is 3. The van der Waals surface area contributed by atoms with Crippen LogP contribution in [0.25, 0.3) is 0 Å². The predicted octanol–water partition coefficient (Wildman–Crippen LogP) is 3.71. The van der Waals surface area contributed by atoms with Crippen molar-refractivity contribution in [2.75, 3.05) is 0 Å². The number of aryl methyl sites for hydroxylation is 1. The fourth-order valence-corrected chi connectivity index (χ4v) is 6.13. The van der Waals surface area contributed by atoms with Crippen LogP contribution in [0.3, 0.4) is 0 Å². The number of carbonyl (C=O) groups excluding carboxylic acids is 3. The van der Waals surface area contributed by atoms with E-state index in [2.05, 4.69) is 36.6 Å². The molecule has 1 heterocycles. The Labute approximate surface area is 186 Å². The number of nitrogens with one attached hydrogen (secondary N) is 1. The molecule has 3 aromatic rings. The van der Waals surface area contributed by atoms with Crippen LogP contribution in [0.1, 0.15) is 51.0 Å². The fourth-order valence-electron chi connectivity index (χ4n) is 6.13. The first-order valence-electron chi connectivity index (χ1n) is 10.9. The minimum atomic E-state index is -0.636. The highest BCUT2D eigenvalue weighted by Crippen LogP contribution is 2.63. The van der Waals surface area contributed by atoms with Crippen molar-refractivity contribution in [1.29, 1.82) is 0 Å². The number of rotatable bonds is 2. The Morgan fingerprint density at radius 3 is 2.00 bits per heavy atom. The van der Waals surface area contributed by atoms with Gasteiger partial charge in [-0.05, 0) is 41.3 Å².